The minimum Gasteiger partial charge on any atom is -0.391 e. The van der Waals surface area contributed by atoms with E-state index < -0.39 is 14.9 Å². The Hall–Kier alpha value is 0.0169. The number of rotatable bonds is 6. The standard InChI is InChI=1S/C6H16O5Si/c1-6(7)5-11-3-2-4-12(8,9)10/h6-10H,2-5H2,1H3. The third kappa shape index (κ3) is 10.0. The molecular weight excluding hydrogens is 180 g/mol. The van der Waals surface area contributed by atoms with Gasteiger partial charge in [0.15, 0.2) is 0 Å². The van der Waals surface area contributed by atoms with Crippen molar-refractivity contribution in [3.05, 3.63) is 0 Å². The van der Waals surface area contributed by atoms with Crippen molar-refractivity contribution in [2.75, 3.05) is 13.2 Å². The van der Waals surface area contributed by atoms with E-state index in [1.807, 2.05) is 0 Å². The number of aliphatic hydroxyl groups excluding tert-OH is 1. The van der Waals surface area contributed by atoms with Gasteiger partial charge in [0, 0.05) is 12.7 Å². The lowest BCUT2D eigenvalue weighted by molar-refractivity contribution is 0.0454. The highest BCUT2D eigenvalue weighted by Crippen LogP contribution is 2.01. The van der Waals surface area contributed by atoms with Crippen LogP contribution >= 0.6 is 0 Å². The topological polar surface area (TPSA) is 90.2 Å². The molecule has 0 amide bonds. The van der Waals surface area contributed by atoms with E-state index in [1.54, 1.807) is 6.92 Å². The monoisotopic (exact) mass is 196 g/mol. The maximum Gasteiger partial charge on any atom is 0.492 e. The molecular formula is C6H16O5Si. The highest BCUT2D eigenvalue weighted by atomic mass is 28.4. The second-order valence-corrected chi connectivity index (χ2v) is 4.85. The molecule has 12 heavy (non-hydrogen) atoms. The Morgan fingerprint density at radius 1 is 1.33 bits per heavy atom. The summed E-state index contributed by atoms with van der Waals surface area (Å²) in [7, 11) is -3.88. The van der Waals surface area contributed by atoms with Crippen LogP contribution in [0.25, 0.3) is 0 Å². The van der Waals surface area contributed by atoms with Crippen molar-refractivity contribution in [2.24, 2.45) is 0 Å². The number of aliphatic hydroxyl groups is 1. The maximum atomic E-state index is 8.75. The van der Waals surface area contributed by atoms with Gasteiger partial charge in [-0.25, -0.2) is 0 Å². The fourth-order valence-electron chi connectivity index (χ4n) is 0.665. The quantitative estimate of drug-likeness (QED) is 0.313. The number of ether oxygens (including phenoxy) is 1. The van der Waals surface area contributed by atoms with Gasteiger partial charge in [-0.05, 0) is 13.3 Å². The van der Waals surface area contributed by atoms with Crippen LogP contribution in [0, 0.1) is 0 Å². The van der Waals surface area contributed by atoms with Crippen molar-refractivity contribution in [3.8, 4) is 0 Å². The van der Waals surface area contributed by atoms with Crippen LogP contribution in [0.5, 0.6) is 0 Å². The van der Waals surface area contributed by atoms with E-state index >= 15 is 0 Å². The predicted octanol–water partition coefficient (Wildman–Crippen LogP) is -1.31. The van der Waals surface area contributed by atoms with Crippen molar-refractivity contribution >= 4 is 8.80 Å². The zero-order valence-corrected chi connectivity index (χ0v) is 8.10. The van der Waals surface area contributed by atoms with E-state index in [9.17, 15) is 0 Å². The normalized spacial score (nSPS) is 14.8. The molecule has 0 aliphatic rings. The molecule has 0 radical (unpaired) electrons. The van der Waals surface area contributed by atoms with Crippen LogP contribution in [0.2, 0.25) is 6.04 Å². The van der Waals surface area contributed by atoms with Crippen LogP contribution < -0.4 is 0 Å². The van der Waals surface area contributed by atoms with E-state index in [0.29, 0.717) is 13.0 Å². The van der Waals surface area contributed by atoms with Crippen LogP contribution in [0.4, 0.5) is 0 Å². The highest BCUT2D eigenvalue weighted by Gasteiger charge is 2.25. The molecule has 0 saturated carbocycles. The summed E-state index contributed by atoms with van der Waals surface area (Å²) >= 11 is 0. The molecule has 4 N–H and O–H groups in total. The molecule has 0 aliphatic heterocycles. The molecule has 0 aliphatic carbocycles. The summed E-state index contributed by atoms with van der Waals surface area (Å²) in [5.74, 6) is 0. The van der Waals surface area contributed by atoms with Crippen LogP contribution in [0.1, 0.15) is 13.3 Å². The van der Waals surface area contributed by atoms with Crippen molar-refractivity contribution in [2.45, 2.75) is 25.5 Å². The van der Waals surface area contributed by atoms with E-state index in [0.717, 1.165) is 0 Å². The summed E-state index contributed by atoms with van der Waals surface area (Å²) in [6, 6.07) is -0.0210. The van der Waals surface area contributed by atoms with Gasteiger partial charge in [0.1, 0.15) is 0 Å². The number of hydrogen-bond acceptors (Lipinski definition) is 5. The Labute approximate surface area is 72.6 Å². The lowest BCUT2D eigenvalue weighted by atomic mass is 10.4. The molecule has 0 fully saturated rings. The third-order valence-electron chi connectivity index (χ3n) is 1.16. The molecule has 0 saturated heterocycles. The molecule has 6 heteroatoms. The summed E-state index contributed by atoms with van der Waals surface area (Å²) in [4.78, 5) is 25.7. The minimum absolute atomic E-state index is 0.0210. The maximum absolute atomic E-state index is 8.75. The third-order valence-corrected chi connectivity index (χ3v) is 2.18. The lowest BCUT2D eigenvalue weighted by Gasteiger charge is -2.09. The largest absolute Gasteiger partial charge is 0.492 e. The molecule has 0 aromatic rings. The highest BCUT2D eigenvalue weighted by molar-refractivity contribution is 6.56. The fraction of sp³-hybridized carbons (Fsp3) is 1.00. The van der Waals surface area contributed by atoms with Crippen molar-refractivity contribution < 1.29 is 24.2 Å². The average Bonchev–Trinajstić information content (AvgIpc) is 1.83. The van der Waals surface area contributed by atoms with Crippen LogP contribution in [-0.2, 0) is 4.74 Å². The van der Waals surface area contributed by atoms with Gasteiger partial charge in [-0.3, -0.25) is 0 Å². The van der Waals surface area contributed by atoms with Gasteiger partial charge in [-0.2, -0.15) is 0 Å². The molecule has 0 aromatic carbocycles. The Morgan fingerprint density at radius 3 is 2.33 bits per heavy atom. The van der Waals surface area contributed by atoms with Gasteiger partial charge in [-0.15, -0.1) is 0 Å². The van der Waals surface area contributed by atoms with E-state index in [1.165, 1.54) is 0 Å². The van der Waals surface area contributed by atoms with Crippen LogP contribution in [0.15, 0.2) is 0 Å². The molecule has 0 rings (SSSR count). The molecule has 5 nitrogen and oxygen atoms in total. The second-order valence-electron chi connectivity index (χ2n) is 2.80. The molecule has 1 atom stereocenters. The summed E-state index contributed by atoms with van der Waals surface area (Å²) in [6.45, 7) is 2.15. The molecule has 0 aromatic heterocycles. The average molecular weight is 196 g/mol. The fourth-order valence-corrected chi connectivity index (χ4v) is 1.28. The van der Waals surface area contributed by atoms with Crippen molar-refractivity contribution in [1.29, 1.82) is 0 Å². The second kappa shape index (κ2) is 5.63. The molecule has 0 bridgehead atoms. The number of hydrogen-bond donors (Lipinski definition) is 4. The Morgan fingerprint density at radius 2 is 1.92 bits per heavy atom. The Kier molecular flexibility index (Phi) is 5.63. The SMILES string of the molecule is CC(O)COCCC[Si](O)(O)O. The molecule has 1 unspecified atom stereocenters. The molecule has 0 spiro atoms. The summed E-state index contributed by atoms with van der Waals surface area (Å²) in [5.41, 5.74) is 0. The summed E-state index contributed by atoms with van der Waals surface area (Å²) in [5, 5.41) is 8.75. The van der Waals surface area contributed by atoms with Gasteiger partial charge in [0.2, 0.25) is 0 Å². The van der Waals surface area contributed by atoms with E-state index in [2.05, 4.69) is 0 Å². The van der Waals surface area contributed by atoms with Gasteiger partial charge < -0.3 is 24.2 Å². The van der Waals surface area contributed by atoms with Crippen molar-refractivity contribution in [1.82, 2.24) is 0 Å². The van der Waals surface area contributed by atoms with E-state index in [-0.39, 0.29) is 12.7 Å². The smallest absolute Gasteiger partial charge is 0.391 e. The molecule has 0 heterocycles. The van der Waals surface area contributed by atoms with Crippen LogP contribution in [0.3, 0.4) is 0 Å². The first-order valence-electron chi connectivity index (χ1n) is 3.85. The first-order valence-corrected chi connectivity index (χ1v) is 5.89. The molecule has 74 valence electrons. The Bertz CT molecular complexity index is 111. The lowest BCUT2D eigenvalue weighted by Crippen LogP contribution is -2.34. The zero-order chi connectivity index (χ0) is 9.61. The summed E-state index contributed by atoms with van der Waals surface area (Å²) in [6.07, 6.45) is -0.119. The minimum atomic E-state index is -3.88. The van der Waals surface area contributed by atoms with Crippen LogP contribution in [-0.4, -0.2) is 47.6 Å². The van der Waals surface area contributed by atoms with Gasteiger partial charge in [0.25, 0.3) is 0 Å². The Balaban J connectivity index is 3.12. The van der Waals surface area contributed by atoms with E-state index in [4.69, 9.17) is 24.2 Å². The first-order chi connectivity index (χ1) is 5.42. The van der Waals surface area contributed by atoms with Gasteiger partial charge >= 0.3 is 8.80 Å². The summed E-state index contributed by atoms with van der Waals surface area (Å²) < 4.78 is 4.93. The van der Waals surface area contributed by atoms with Gasteiger partial charge in [0.05, 0.1) is 12.7 Å². The predicted molar refractivity (Wildman–Crippen MR) is 44.3 cm³/mol. The van der Waals surface area contributed by atoms with Crippen molar-refractivity contribution in [3.63, 3.8) is 0 Å². The zero-order valence-electron chi connectivity index (χ0n) is 7.10. The van der Waals surface area contributed by atoms with Gasteiger partial charge in [-0.1, -0.05) is 0 Å². The first kappa shape index (κ1) is 12.0.